The van der Waals surface area contributed by atoms with Crippen LogP contribution in [-0.2, 0) is 0 Å². The largest absolute Gasteiger partial charge is 0.319 e. The quantitative estimate of drug-likeness (QED) is 0.419. The van der Waals surface area contributed by atoms with Gasteiger partial charge in [0, 0.05) is 21.3 Å². The first-order valence-corrected chi connectivity index (χ1v) is 10.0. The maximum absolute atomic E-state index is 12.9. The lowest BCUT2D eigenvalue weighted by Gasteiger charge is -2.10. The van der Waals surface area contributed by atoms with Gasteiger partial charge in [-0.25, -0.2) is 9.67 Å². The fourth-order valence-corrected chi connectivity index (χ4v) is 3.47. The third-order valence-electron chi connectivity index (χ3n) is 4.57. The number of carbonyl (C=O) groups excluding carboxylic acids is 1. The van der Waals surface area contributed by atoms with Gasteiger partial charge in [-0.05, 0) is 55.8 Å². The molecule has 0 aliphatic carbocycles. The van der Waals surface area contributed by atoms with Crippen LogP contribution in [0.3, 0.4) is 0 Å². The summed E-state index contributed by atoms with van der Waals surface area (Å²) in [5.74, 6) is 0.177. The van der Waals surface area contributed by atoms with Gasteiger partial charge in [-0.15, -0.1) is 5.10 Å². The summed E-state index contributed by atoms with van der Waals surface area (Å²) in [7, 11) is 0. The Hall–Kier alpha value is -3.15. The lowest BCUT2D eigenvalue weighted by Crippen LogP contribution is -2.14. The van der Waals surface area contributed by atoms with Gasteiger partial charge in [-0.2, -0.15) is 0 Å². The van der Waals surface area contributed by atoms with Crippen LogP contribution >= 0.6 is 23.2 Å². The van der Waals surface area contributed by atoms with Crippen molar-refractivity contribution in [3.63, 3.8) is 0 Å². The number of nitrogens with one attached hydrogen (secondary N) is 1. The van der Waals surface area contributed by atoms with Crippen molar-refractivity contribution in [3.8, 4) is 17.1 Å². The maximum Gasteiger partial charge on any atom is 0.295 e. The van der Waals surface area contributed by atoms with Gasteiger partial charge < -0.3 is 5.32 Å². The number of aromatic nitrogens is 3. The molecule has 150 valence electrons. The van der Waals surface area contributed by atoms with Crippen molar-refractivity contribution >= 4 is 34.8 Å². The van der Waals surface area contributed by atoms with E-state index in [1.807, 2.05) is 56.3 Å². The zero-order valence-corrected chi connectivity index (χ0v) is 17.9. The molecule has 4 aromatic rings. The molecule has 0 spiro atoms. The van der Waals surface area contributed by atoms with Crippen molar-refractivity contribution in [2.24, 2.45) is 0 Å². The fraction of sp³-hybridized carbons (Fsp3) is 0.0870. The van der Waals surface area contributed by atoms with Crippen molar-refractivity contribution in [1.82, 2.24) is 14.8 Å². The number of aryl methyl sites for hydroxylation is 2. The Labute approximate surface area is 184 Å². The molecule has 4 rings (SSSR count). The van der Waals surface area contributed by atoms with Crippen LogP contribution in [0.5, 0.6) is 0 Å². The van der Waals surface area contributed by atoms with E-state index in [4.69, 9.17) is 23.2 Å². The average molecular weight is 437 g/mol. The maximum atomic E-state index is 12.9. The van der Waals surface area contributed by atoms with Gasteiger partial charge >= 0.3 is 0 Å². The normalized spacial score (nSPS) is 10.8. The van der Waals surface area contributed by atoms with E-state index in [-0.39, 0.29) is 5.82 Å². The van der Waals surface area contributed by atoms with Crippen LogP contribution < -0.4 is 5.32 Å². The summed E-state index contributed by atoms with van der Waals surface area (Å²) >= 11 is 12.2. The minimum atomic E-state index is -0.426. The van der Waals surface area contributed by atoms with Gasteiger partial charge in [0.15, 0.2) is 5.82 Å². The first kappa shape index (κ1) is 20.1. The van der Waals surface area contributed by atoms with E-state index in [2.05, 4.69) is 15.4 Å². The van der Waals surface area contributed by atoms with Gasteiger partial charge in [0.25, 0.3) is 5.91 Å². The number of rotatable bonds is 4. The van der Waals surface area contributed by atoms with E-state index < -0.39 is 5.91 Å². The molecular formula is C23H18Cl2N4O. The fourth-order valence-electron chi connectivity index (χ4n) is 3.11. The summed E-state index contributed by atoms with van der Waals surface area (Å²) in [5.41, 5.74) is 4.21. The summed E-state index contributed by atoms with van der Waals surface area (Å²) in [6, 6.07) is 20.3. The highest BCUT2D eigenvalue weighted by Gasteiger charge is 2.20. The molecule has 0 bridgehead atoms. The van der Waals surface area contributed by atoms with E-state index in [9.17, 15) is 4.79 Å². The highest BCUT2D eigenvalue weighted by Crippen LogP contribution is 2.26. The molecule has 0 saturated heterocycles. The van der Waals surface area contributed by atoms with E-state index in [0.29, 0.717) is 21.6 Å². The molecule has 1 N–H and O–H groups in total. The van der Waals surface area contributed by atoms with Crippen molar-refractivity contribution in [2.45, 2.75) is 13.8 Å². The summed E-state index contributed by atoms with van der Waals surface area (Å²) in [5, 5.41) is 8.41. The monoisotopic (exact) mass is 436 g/mol. The van der Waals surface area contributed by atoms with Crippen molar-refractivity contribution in [1.29, 1.82) is 0 Å². The van der Waals surface area contributed by atoms with Crippen LogP contribution in [-0.4, -0.2) is 20.7 Å². The minimum absolute atomic E-state index is 0.0471. The lowest BCUT2D eigenvalue weighted by molar-refractivity contribution is 0.101. The molecular weight excluding hydrogens is 419 g/mol. The number of anilines is 1. The second-order valence-electron chi connectivity index (χ2n) is 6.94. The van der Waals surface area contributed by atoms with Gasteiger partial charge in [0.1, 0.15) is 0 Å². The highest BCUT2D eigenvalue weighted by molar-refractivity contribution is 6.31. The molecule has 30 heavy (non-hydrogen) atoms. The number of halogens is 2. The SMILES string of the molecule is Cc1cccc(-c2nc(C(=O)Nc3cccc(Cl)c3)nn2-c2cc(Cl)ccc2C)c1. The number of hydrogen-bond acceptors (Lipinski definition) is 3. The number of benzene rings is 3. The Kier molecular flexibility index (Phi) is 5.57. The van der Waals surface area contributed by atoms with Crippen LogP contribution in [0, 0.1) is 13.8 Å². The Morgan fingerprint density at radius 3 is 2.47 bits per heavy atom. The molecule has 0 unspecified atom stereocenters. The average Bonchev–Trinajstić information content (AvgIpc) is 3.15. The molecule has 0 atom stereocenters. The Bertz CT molecular complexity index is 1250. The number of carbonyl (C=O) groups is 1. The van der Waals surface area contributed by atoms with E-state index in [1.165, 1.54) is 0 Å². The molecule has 0 radical (unpaired) electrons. The van der Waals surface area contributed by atoms with Gasteiger partial charge in [0.05, 0.1) is 5.69 Å². The predicted octanol–water partition coefficient (Wildman–Crippen LogP) is 6.11. The van der Waals surface area contributed by atoms with E-state index in [1.54, 1.807) is 28.9 Å². The molecule has 1 aromatic heterocycles. The molecule has 1 amide bonds. The molecule has 0 aliphatic heterocycles. The summed E-state index contributed by atoms with van der Waals surface area (Å²) in [4.78, 5) is 17.4. The minimum Gasteiger partial charge on any atom is -0.319 e. The van der Waals surface area contributed by atoms with Crippen LogP contribution in [0.1, 0.15) is 21.7 Å². The summed E-state index contributed by atoms with van der Waals surface area (Å²) in [6.07, 6.45) is 0. The van der Waals surface area contributed by atoms with Crippen LogP contribution in [0.4, 0.5) is 5.69 Å². The van der Waals surface area contributed by atoms with Crippen molar-refractivity contribution in [2.75, 3.05) is 5.32 Å². The Morgan fingerprint density at radius 2 is 1.70 bits per heavy atom. The van der Waals surface area contributed by atoms with Crippen LogP contribution in [0.15, 0.2) is 66.7 Å². The lowest BCUT2D eigenvalue weighted by atomic mass is 10.1. The third-order valence-corrected chi connectivity index (χ3v) is 5.04. The molecule has 0 aliphatic rings. The van der Waals surface area contributed by atoms with E-state index in [0.717, 1.165) is 22.4 Å². The van der Waals surface area contributed by atoms with Gasteiger partial charge in [-0.3, -0.25) is 4.79 Å². The molecule has 7 heteroatoms. The first-order chi connectivity index (χ1) is 14.4. The zero-order chi connectivity index (χ0) is 21.3. The highest BCUT2D eigenvalue weighted by atomic mass is 35.5. The van der Waals surface area contributed by atoms with Gasteiger partial charge in [-0.1, -0.05) is 59.1 Å². The van der Waals surface area contributed by atoms with Crippen molar-refractivity contribution in [3.05, 3.63) is 93.7 Å². The first-order valence-electron chi connectivity index (χ1n) is 9.28. The second kappa shape index (κ2) is 8.30. The van der Waals surface area contributed by atoms with Gasteiger partial charge in [0.2, 0.25) is 5.82 Å². The van der Waals surface area contributed by atoms with Crippen LogP contribution in [0.25, 0.3) is 17.1 Å². The molecule has 0 saturated carbocycles. The Balaban J connectivity index is 1.81. The standard InChI is InChI=1S/C23H18Cl2N4O/c1-14-5-3-6-16(11-14)22-27-21(23(30)26-19-8-4-7-17(24)12-19)28-29(22)20-13-18(25)10-9-15(20)2/h3-13H,1-2H3,(H,26,30). The smallest absolute Gasteiger partial charge is 0.295 e. The topological polar surface area (TPSA) is 59.8 Å². The Morgan fingerprint density at radius 1 is 0.933 bits per heavy atom. The second-order valence-corrected chi connectivity index (χ2v) is 7.81. The van der Waals surface area contributed by atoms with E-state index >= 15 is 0 Å². The van der Waals surface area contributed by atoms with Crippen molar-refractivity contribution < 1.29 is 4.79 Å². The molecule has 5 nitrogen and oxygen atoms in total. The number of amides is 1. The predicted molar refractivity (Wildman–Crippen MR) is 121 cm³/mol. The zero-order valence-electron chi connectivity index (χ0n) is 16.4. The number of nitrogens with zero attached hydrogens (tertiary/aromatic N) is 3. The summed E-state index contributed by atoms with van der Waals surface area (Å²) < 4.78 is 1.66. The molecule has 0 fully saturated rings. The molecule has 1 heterocycles. The number of hydrogen-bond donors (Lipinski definition) is 1. The third kappa shape index (κ3) is 4.22. The van der Waals surface area contributed by atoms with Crippen LogP contribution in [0.2, 0.25) is 10.0 Å². The summed E-state index contributed by atoms with van der Waals surface area (Å²) in [6.45, 7) is 3.96. The molecule has 3 aromatic carbocycles.